The normalized spacial score (nSPS) is 9.95. The van der Waals surface area contributed by atoms with E-state index in [4.69, 9.17) is 26.0 Å². The van der Waals surface area contributed by atoms with Crippen molar-refractivity contribution in [3.8, 4) is 11.8 Å². The van der Waals surface area contributed by atoms with Gasteiger partial charge in [0.25, 0.3) is 5.91 Å². The van der Waals surface area contributed by atoms with Crippen LogP contribution in [-0.4, -0.2) is 24.5 Å². The van der Waals surface area contributed by atoms with Crippen LogP contribution in [0.1, 0.15) is 11.3 Å². The number of amides is 1. The molecule has 0 saturated heterocycles. The van der Waals surface area contributed by atoms with Crippen molar-refractivity contribution in [2.75, 3.05) is 13.7 Å². The maximum absolute atomic E-state index is 11.9. The van der Waals surface area contributed by atoms with E-state index in [0.29, 0.717) is 28.6 Å². The van der Waals surface area contributed by atoms with Crippen LogP contribution in [0.3, 0.4) is 0 Å². The first-order valence-electron chi connectivity index (χ1n) is 6.19. The fraction of sp³-hybridized carbons (Fsp3) is 0.200. The Balaban J connectivity index is 1.90. The van der Waals surface area contributed by atoms with Gasteiger partial charge in [0.15, 0.2) is 6.61 Å². The molecule has 108 valence electrons. The predicted molar refractivity (Wildman–Crippen MR) is 76.8 cm³/mol. The lowest BCUT2D eigenvalue weighted by molar-refractivity contribution is -0.132. The summed E-state index contributed by atoms with van der Waals surface area (Å²) in [6.07, 6.45) is 1.56. The van der Waals surface area contributed by atoms with E-state index in [1.165, 1.54) is 11.0 Å². The Kier molecular flexibility index (Phi) is 4.85. The van der Waals surface area contributed by atoms with Crippen LogP contribution in [0.2, 0.25) is 5.02 Å². The average Bonchev–Trinajstić information content (AvgIpc) is 2.98. The second kappa shape index (κ2) is 6.82. The zero-order valence-corrected chi connectivity index (χ0v) is 12.1. The number of hydrogen-bond donors (Lipinski definition) is 0. The van der Waals surface area contributed by atoms with Crippen LogP contribution in [0.15, 0.2) is 41.0 Å². The number of furan rings is 1. The molecule has 0 radical (unpaired) electrons. The van der Waals surface area contributed by atoms with Gasteiger partial charge in [0.05, 0.1) is 29.5 Å². The summed E-state index contributed by atoms with van der Waals surface area (Å²) in [5.74, 6) is 0.865. The highest BCUT2D eigenvalue weighted by atomic mass is 35.5. The molecule has 1 heterocycles. The first-order valence-corrected chi connectivity index (χ1v) is 6.56. The number of nitrogens with zero attached hydrogens (tertiary/aromatic N) is 2. The van der Waals surface area contributed by atoms with Gasteiger partial charge in [-0.3, -0.25) is 4.79 Å². The smallest absolute Gasteiger partial charge is 0.260 e. The molecular formula is C15H13ClN2O3. The maximum Gasteiger partial charge on any atom is 0.260 e. The standard InChI is InChI=1S/C15H13ClN2O3/c1-18(9-12-3-2-6-20-12)15(19)10-21-14-5-4-11(8-17)7-13(14)16/h2-7H,9-10H2,1H3. The van der Waals surface area contributed by atoms with E-state index in [1.54, 1.807) is 37.6 Å². The summed E-state index contributed by atoms with van der Waals surface area (Å²) in [5, 5.41) is 9.05. The molecule has 0 bridgehead atoms. The van der Waals surface area contributed by atoms with Crippen molar-refractivity contribution in [1.82, 2.24) is 4.90 Å². The third-order valence-corrected chi connectivity index (χ3v) is 3.11. The number of nitriles is 1. The van der Waals surface area contributed by atoms with Gasteiger partial charge >= 0.3 is 0 Å². The minimum Gasteiger partial charge on any atom is -0.482 e. The fourth-order valence-electron chi connectivity index (χ4n) is 1.66. The van der Waals surface area contributed by atoms with Gasteiger partial charge in [0, 0.05) is 7.05 Å². The monoisotopic (exact) mass is 304 g/mol. The van der Waals surface area contributed by atoms with E-state index in [0.717, 1.165) is 0 Å². The van der Waals surface area contributed by atoms with Crippen molar-refractivity contribution in [3.63, 3.8) is 0 Å². The zero-order chi connectivity index (χ0) is 15.2. The van der Waals surface area contributed by atoms with Gasteiger partial charge in [0.2, 0.25) is 0 Å². The summed E-state index contributed by atoms with van der Waals surface area (Å²) in [4.78, 5) is 13.4. The molecule has 0 aliphatic carbocycles. The Morgan fingerprint density at radius 1 is 1.48 bits per heavy atom. The van der Waals surface area contributed by atoms with Gasteiger partial charge in [-0.25, -0.2) is 0 Å². The molecule has 21 heavy (non-hydrogen) atoms. The first-order chi connectivity index (χ1) is 10.1. The molecule has 0 saturated carbocycles. The van der Waals surface area contributed by atoms with Gasteiger partial charge in [-0.05, 0) is 30.3 Å². The SMILES string of the molecule is CN(Cc1ccco1)C(=O)COc1ccc(C#N)cc1Cl. The van der Waals surface area contributed by atoms with E-state index < -0.39 is 0 Å². The van der Waals surface area contributed by atoms with E-state index in [1.807, 2.05) is 6.07 Å². The number of ether oxygens (including phenoxy) is 1. The molecule has 0 unspecified atom stereocenters. The molecule has 1 aromatic carbocycles. The molecule has 0 N–H and O–H groups in total. The molecule has 0 atom stereocenters. The van der Waals surface area contributed by atoms with Gasteiger partial charge in [-0.2, -0.15) is 5.26 Å². The van der Waals surface area contributed by atoms with Crippen LogP contribution in [0, 0.1) is 11.3 Å². The highest BCUT2D eigenvalue weighted by Crippen LogP contribution is 2.25. The van der Waals surface area contributed by atoms with Crippen LogP contribution in [0.25, 0.3) is 0 Å². The second-order valence-electron chi connectivity index (χ2n) is 4.37. The summed E-state index contributed by atoms with van der Waals surface area (Å²) in [5.41, 5.74) is 0.439. The van der Waals surface area contributed by atoms with Crippen molar-refractivity contribution in [2.24, 2.45) is 0 Å². The van der Waals surface area contributed by atoms with Gasteiger partial charge in [-0.1, -0.05) is 11.6 Å². The molecule has 6 heteroatoms. The Morgan fingerprint density at radius 2 is 2.29 bits per heavy atom. The lowest BCUT2D eigenvalue weighted by Gasteiger charge is -2.16. The number of benzene rings is 1. The van der Waals surface area contributed by atoms with E-state index >= 15 is 0 Å². The molecular weight excluding hydrogens is 292 g/mol. The van der Waals surface area contributed by atoms with Gasteiger partial charge < -0.3 is 14.1 Å². The van der Waals surface area contributed by atoms with Gasteiger partial charge in [0.1, 0.15) is 11.5 Å². The minimum absolute atomic E-state index is 0.136. The average molecular weight is 305 g/mol. The predicted octanol–water partition coefficient (Wildman–Crippen LogP) is 2.84. The zero-order valence-electron chi connectivity index (χ0n) is 11.4. The molecule has 0 aliphatic heterocycles. The van der Waals surface area contributed by atoms with Crippen LogP contribution >= 0.6 is 11.6 Å². The number of halogens is 1. The van der Waals surface area contributed by atoms with Crippen LogP contribution < -0.4 is 4.74 Å². The fourth-order valence-corrected chi connectivity index (χ4v) is 1.90. The molecule has 2 rings (SSSR count). The molecule has 0 spiro atoms. The molecule has 2 aromatic rings. The minimum atomic E-state index is -0.202. The lowest BCUT2D eigenvalue weighted by Crippen LogP contribution is -2.30. The molecule has 1 amide bonds. The molecule has 1 aromatic heterocycles. The lowest BCUT2D eigenvalue weighted by atomic mass is 10.2. The van der Waals surface area contributed by atoms with Crippen molar-refractivity contribution in [1.29, 1.82) is 5.26 Å². The molecule has 0 aliphatic rings. The van der Waals surface area contributed by atoms with E-state index in [9.17, 15) is 4.79 Å². The Hall–Kier alpha value is -2.45. The highest BCUT2D eigenvalue weighted by molar-refractivity contribution is 6.32. The van der Waals surface area contributed by atoms with Crippen LogP contribution in [-0.2, 0) is 11.3 Å². The van der Waals surface area contributed by atoms with Crippen LogP contribution in [0.5, 0.6) is 5.75 Å². The summed E-state index contributed by atoms with van der Waals surface area (Å²) in [7, 11) is 1.66. The third kappa shape index (κ3) is 4.01. The highest BCUT2D eigenvalue weighted by Gasteiger charge is 2.12. The van der Waals surface area contributed by atoms with Crippen molar-refractivity contribution in [2.45, 2.75) is 6.54 Å². The number of rotatable bonds is 5. The van der Waals surface area contributed by atoms with Crippen molar-refractivity contribution < 1.29 is 13.9 Å². The third-order valence-electron chi connectivity index (χ3n) is 2.81. The Bertz CT molecular complexity index is 662. The Labute approximate surface area is 127 Å². The Morgan fingerprint density at radius 3 is 2.90 bits per heavy atom. The largest absolute Gasteiger partial charge is 0.482 e. The maximum atomic E-state index is 11.9. The number of likely N-dealkylation sites (N-methyl/N-ethyl adjacent to an activating group) is 1. The summed E-state index contributed by atoms with van der Waals surface area (Å²) < 4.78 is 10.6. The first kappa shape index (κ1) is 14.9. The molecule has 5 nitrogen and oxygen atoms in total. The van der Waals surface area contributed by atoms with Crippen molar-refractivity contribution in [3.05, 3.63) is 52.9 Å². The summed E-state index contributed by atoms with van der Waals surface area (Å²) in [6, 6.07) is 10.2. The number of carbonyl (C=O) groups is 1. The number of carbonyl (C=O) groups excluding carboxylic acids is 1. The molecule has 0 fully saturated rings. The summed E-state index contributed by atoms with van der Waals surface area (Å²) in [6.45, 7) is 0.235. The topological polar surface area (TPSA) is 66.5 Å². The second-order valence-corrected chi connectivity index (χ2v) is 4.78. The number of hydrogen-bond acceptors (Lipinski definition) is 4. The van der Waals surface area contributed by atoms with Crippen LogP contribution in [0.4, 0.5) is 0 Å². The quantitative estimate of drug-likeness (QED) is 0.852. The van der Waals surface area contributed by atoms with E-state index in [2.05, 4.69) is 0 Å². The van der Waals surface area contributed by atoms with E-state index in [-0.39, 0.29) is 12.5 Å². The van der Waals surface area contributed by atoms with Gasteiger partial charge in [-0.15, -0.1) is 0 Å². The van der Waals surface area contributed by atoms with Crippen molar-refractivity contribution >= 4 is 17.5 Å². The summed E-state index contributed by atoms with van der Waals surface area (Å²) >= 11 is 5.97.